The molecule has 0 radical (unpaired) electrons. The van der Waals surface area contributed by atoms with Crippen LogP contribution in [-0.2, 0) is 13.2 Å². The van der Waals surface area contributed by atoms with Crippen LogP contribution in [0.2, 0.25) is 0 Å². The molecule has 0 fully saturated rings. The lowest BCUT2D eigenvalue weighted by Gasteiger charge is -2.14. The number of ether oxygens (including phenoxy) is 2. The van der Waals surface area contributed by atoms with Crippen molar-refractivity contribution in [3.63, 3.8) is 0 Å². The van der Waals surface area contributed by atoms with Crippen LogP contribution in [-0.4, -0.2) is 15.0 Å². The Morgan fingerprint density at radius 2 is 1.38 bits per heavy atom. The van der Waals surface area contributed by atoms with Gasteiger partial charge >= 0.3 is 0 Å². The van der Waals surface area contributed by atoms with Gasteiger partial charge in [-0.15, -0.1) is 0 Å². The molecule has 0 atom stereocenters. The number of hydrogen-bond donors (Lipinski definition) is 1. The maximum absolute atomic E-state index is 11.0. The predicted octanol–water partition coefficient (Wildman–Crippen LogP) is 5.52. The number of phenols is 1. The highest BCUT2D eigenvalue weighted by molar-refractivity contribution is 5.75. The van der Waals surface area contributed by atoms with Crippen molar-refractivity contribution in [2.45, 2.75) is 13.2 Å². The minimum absolute atomic E-state index is 0.200. The molecule has 160 valence electrons. The van der Waals surface area contributed by atoms with E-state index in [-0.39, 0.29) is 23.9 Å². The highest BCUT2D eigenvalue weighted by atomic mass is 16.6. The maximum Gasteiger partial charge on any atom is 0.273 e. The zero-order chi connectivity index (χ0) is 22.3. The zero-order valence-electron chi connectivity index (χ0n) is 17.0. The second-order valence-corrected chi connectivity index (χ2v) is 7.01. The first-order valence-electron chi connectivity index (χ1n) is 9.92. The van der Waals surface area contributed by atoms with Gasteiger partial charge in [0, 0.05) is 23.3 Å². The summed E-state index contributed by atoms with van der Waals surface area (Å²) in [6, 6.07) is 26.6. The number of rotatable bonds is 8. The third-order valence-corrected chi connectivity index (χ3v) is 4.76. The van der Waals surface area contributed by atoms with Crippen molar-refractivity contribution < 1.29 is 19.5 Å². The lowest BCUT2D eigenvalue weighted by atomic mass is 10.1. The average molecular weight is 428 g/mol. The van der Waals surface area contributed by atoms with Crippen molar-refractivity contribution in [3.8, 4) is 28.6 Å². The van der Waals surface area contributed by atoms with Crippen LogP contribution in [0.1, 0.15) is 11.1 Å². The number of non-ortho nitro benzene ring substituents is 1. The summed E-state index contributed by atoms with van der Waals surface area (Å²) in [5.74, 6) is 0.383. The Morgan fingerprint density at radius 1 is 0.781 bits per heavy atom. The number of hydrogen-bond acceptors (Lipinski definition) is 6. The minimum Gasteiger partial charge on any atom is -0.507 e. The molecule has 0 bridgehead atoms. The van der Waals surface area contributed by atoms with Crippen molar-refractivity contribution in [3.05, 3.63) is 112 Å². The van der Waals surface area contributed by atoms with Crippen molar-refractivity contribution in [2.75, 3.05) is 0 Å². The van der Waals surface area contributed by atoms with Crippen molar-refractivity contribution in [2.24, 2.45) is 0 Å². The molecule has 0 amide bonds. The first kappa shape index (κ1) is 20.9. The summed E-state index contributed by atoms with van der Waals surface area (Å²) in [5.41, 5.74) is 2.62. The third kappa shape index (κ3) is 5.02. The number of nitro benzene ring substituents is 1. The molecule has 0 saturated carbocycles. The Labute approximate surface area is 184 Å². The fourth-order valence-electron chi connectivity index (χ4n) is 3.14. The van der Waals surface area contributed by atoms with Crippen molar-refractivity contribution >= 4 is 5.69 Å². The number of aromatic hydroxyl groups is 1. The summed E-state index contributed by atoms with van der Waals surface area (Å²) < 4.78 is 11.8. The summed E-state index contributed by atoms with van der Waals surface area (Å²) in [6.07, 6.45) is 0. The molecule has 3 aromatic carbocycles. The lowest BCUT2D eigenvalue weighted by Crippen LogP contribution is -2.02. The molecule has 0 spiro atoms. The summed E-state index contributed by atoms with van der Waals surface area (Å²) >= 11 is 0. The van der Waals surface area contributed by atoms with E-state index in [0.29, 0.717) is 23.6 Å². The molecule has 1 N–H and O–H groups in total. The van der Waals surface area contributed by atoms with Gasteiger partial charge in [0.2, 0.25) is 11.8 Å². The molecule has 7 heteroatoms. The maximum atomic E-state index is 11.0. The molecule has 0 saturated heterocycles. The molecule has 4 aromatic rings. The SMILES string of the molecule is O=[N+]([O-])c1ccc(-c2ccc(OCc3ccccc3)nc2OCc2ccccc2)c(O)c1. The number of nitrogens with zero attached hydrogens (tertiary/aromatic N) is 2. The van der Waals surface area contributed by atoms with Crippen LogP contribution >= 0.6 is 0 Å². The van der Waals surface area contributed by atoms with E-state index in [4.69, 9.17) is 9.47 Å². The van der Waals surface area contributed by atoms with Gasteiger partial charge in [0.15, 0.2) is 0 Å². The first-order valence-corrected chi connectivity index (χ1v) is 9.92. The molecule has 7 nitrogen and oxygen atoms in total. The smallest absolute Gasteiger partial charge is 0.273 e. The summed E-state index contributed by atoms with van der Waals surface area (Å²) in [5, 5.41) is 21.4. The van der Waals surface area contributed by atoms with Crippen LogP contribution in [0, 0.1) is 10.1 Å². The van der Waals surface area contributed by atoms with E-state index in [1.165, 1.54) is 12.1 Å². The molecule has 1 aromatic heterocycles. The van der Waals surface area contributed by atoms with Crippen LogP contribution in [0.5, 0.6) is 17.5 Å². The van der Waals surface area contributed by atoms with Crippen LogP contribution < -0.4 is 9.47 Å². The van der Waals surface area contributed by atoms with Gasteiger partial charge in [0.05, 0.1) is 11.0 Å². The molecular weight excluding hydrogens is 408 g/mol. The minimum atomic E-state index is -0.560. The van der Waals surface area contributed by atoms with Gasteiger partial charge < -0.3 is 14.6 Å². The fourth-order valence-corrected chi connectivity index (χ4v) is 3.14. The fraction of sp³-hybridized carbons (Fsp3) is 0.0800. The normalized spacial score (nSPS) is 10.5. The van der Waals surface area contributed by atoms with Gasteiger partial charge in [0.25, 0.3) is 5.69 Å². The molecular formula is C25H20N2O5. The highest BCUT2D eigenvalue weighted by Gasteiger charge is 2.17. The number of nitro groups is 1. The molecule has 0 unspecified atom stereocenters. The van der Waals surface area contributed by atoms with Crippen molar-refractivity contribution in [1.29, 1.82) is 0 Å². The van der Waals surface area contributed by atoms with Gasteiger partial charge in [-0.2, -0.15) is 4.98 Å². The molecule has 0 aliphatic rings. The van der Waals surface area contributed by atoms with Crippen LogP contribution in [0.15, 0.2) is 91.0 Å². The van der Waals surface area contributed by atoms with Gasteiger partial charge in [-0.1, -0.05) is 60.7 Å². The Bertz CT molecular complexity index is 1210. The van der Waals surface area contributed by atoms with E-state index < -0.39 is 4.92 Å². The molecule has 0 aliphatic carbocycles. The Kier molecular flexibility index (Phi) is 6.27. The molecule has 4 rings (SSSR count). The largest absolute Gasteiger partial charge is 0.507 e. The van der Waals surface area contributed by atoms with Crippen LogP contribution in [0.3, 0.4) is 0 Å². The second-order valence-electron chi connectivity index (χ2n) is 7.01. The predicted molar refractivity (Wildman–Crippen MR) is 120 cm³/mol. The third-order valence-electron chi connectivity index (χ3n) is 4.76. The van der Waals surface area contributed by atoms with Gasteiger partial charge in [0.1, 0.15) is 19.0 Å². The van der Waals surface area contributed by atoms with E-state index >= 15 is 0 Å². The van der Waals surface area contributed by atoms with Gasteiger partial charge in [-0.3, -0.25) is 10.1 Å². The number of pyridine rings is 1. The van der Waals surface area contributed by atoms with E-state index in [0.717, 1.165) is 17.2 Å². The Balaban J connectivity index is 1.64. The molecule has 1 heterocycles. The quantitative estimate of drug-likeness (QED) is 0.293. The van der Waals surface area contributed by atoms with Gasteiger partial charge in [-0.05, 0) is 23.3 Å². The zero-order valence-corrected chi connectivity index (χ0v) is 17.0. The highest BCUT2D eigenvalue weighted by Crippen LogP contribution is 2.38. The van der Waals surface area contributed by atoms with Gasteiger partial charge in [-0.25, -0.2) is 0 Å². The van der Waals surface area contributed by atoms with E-state index in [2.05, 4.69) is 4.98 Å². The van der Waals surface area contributed by atoms with E-state index in [9.17, 15) is 15.2 Å². The monoisotopic (exact) mass is 428 g/mol. The van der Waals surface area contributed by atoms with E-state index in [1.54, 1.807) is 12.1 Å². The summed E-state index contributed by atoms with van der Waals surface area (Å²) in [4.78, 5) is 14.9. The van der Waals surface area contributed by atoms with Crippen LogP contribution in [0.25, 0.3) is 11.1 Å². The lowest BCUT2D eigenvalue weighted by molar-refractivity contribution is -0.384. The standard InChI is InChI=1S/C25H20N2O5/c28-23-15-20(27(29)30)11-12-21(23)22-13-14-24(31-16-18-7-3-1-4-8-18)26-25(22)32-17-19-9-5-2-6-10-19/h1-15,28H,16-17H2. The topological polar surface area (TPSA) is 94.7 Å². The Morgan fingerprint density at radius 3 is 1.97 bits per heavy atom. The molecule has 0 aliphatic heterocycles. The number of phenolic OH excluding ortho intramolecular Hbond substituents is 1. The molecule has 32 heavy (non-hydrogen) atoms. The first-order chi connectivity index (χ1) is 15.6. The second kappa shape index (κ2) is 9.61. The van der Waals surface area contributed by atoms with E-state index in [1.807, 2.05) is 60.7 Å². The summed E-state index contributed by atoms with van der Waals surface area (Å²) in [6.45, 7) is 0.602. The van der Waals surface area contributed by atoms with Crippen molar-refractivity contribution in [1.82, 2.24) is 4.98 Å². The number of aromatic nitrogens is 1. The summed E-state index contributed by atoms with van der Waals surface area (Å²) in [7, 11) is 0. The Hall–Kier alpha value is -4.39. The average Bonchev–Trinajstić information content (AvgIpc) is 2.83. The van der Waals surface area contributed by atoms with Crippen LogP contribution in [0.4, 0.5) is 5.69 Å². The number of benzene rings is 3.